The molecule has 1 aliphatic carbocycles. The van der Waals surface area contributed by atoms with Crippen LogP contribution in [0.5, 0.6) is 0 Å². The molecule has 2 atom stereocenters. The average molecular weight is 282 g/mol. The molecule has 0 aromatic heterocycles. The molecule has 1 amide bonds. The van der Waals surface area contributed by atoms with E-state index in [9.17, 15) is 9.59 Å². The Kier molecular flexibility index (Phi) is 4.37. The molecule has 0 aromatic rings. The third-order valence-corrected chi connectivity index (χ3v) is 4.11. The Morgan fingerprint density at radius 1 is 1.25 bits per heavy atom. The molecule has 2 fully saturated rings. The Labute approximate surface area is 120 Å². The number of carboxylic acids is 1. The summed E-state index contributed by atoms with van der Waals surface area (Å²) >= 11 is 0. The van der Waals surface area contributed by atoms with E-state index < -0.39 is 11.4 Å². The second-order valence-electron chi connectivity index (χ2n) is 7.31. The first-order valence-electron chi connectivity index (χ1n) is 7.52. The van der Waals surface area contributed by atoms with Gasteiger partial charge >= 0.3 is 5.97 Å². The molecule has 1 saturated heterocycles. The maximum absolute atomic E-state index is 12.1. The molecule has 1 saturated carbocycles. The Hall–Kier alpha value is -1.10. The summed E-state index contributed by atoms with van der Waals surface area (Å²) in [5.41, 5.74) is -0.399. The quantitative estimate of drug-likeness (QED) is 0.819. The van der Waals surface area contributed by atoms with Crippen molar-refractivity contribution < 1.29 is 14.7 Å². The predicted molar refractivity (Wildman–Crippen MR) is 76.3 cm³/mol. The molecule has 1 heterocycles. The van der Waals surface area contributed by atoms with Crippen molar-refractivity contribution in [2.24, 2.45) is 11.3 Å². The Bertz CT molecular complexity index is 385. The van der Waals surface area contributed by atoms with Crippen molar-refractivity contribution in [3.63, 3.8) is 0 Å². The minimum absolute atomic E-state index is 0.0502. The van der Waals surface area contributed by atoms with Gasteiger partial charge in [0, 0.05) is 37.0 Å². The van der Waals surface area contributed by atoms with Crippen LogP contribution in [0, 0.1) is 11.3 Å². The van der Waals surface area contributed by atoms with E-state index >= 15 is 0 Å². The smallest absolute Gasteiger partial charge is 0.303 e. The maximum Gasteiger partial charge on any atom is 0.303 e. The second kappa shape index (κ2) is 5.72. The van der Waals surface area contributed by atoms with Gasteiger partial charge in [-0.1, -0.05) is 20.8 Å². The van der Waals surface area contributed by atoms with Gasteiger partial charge in [-0.2, -0.15) is 0 Å². The molecular weight excluding hydrogens is 256 g/mol. The summed E-state index contributed by atoms with van der Waals surface area (Å²) in [6.45, 7) is 7.43. The van der Waals surface area contributed by atoms with Crippen molar-refractivity contribution in [2.75, 3.05) is 13.1 Å². The zero-order valence-electron chi connectivity index (χ0n) is 12.7. The van der Waals surface area contributed by atoms with Gasteiger partial charge in [0.25, 0.3) is 0 Å². The molecule has 1 aliphatic heterocycles. The summed E-state index contributed by atoms with van der Waals surface area (Å²) < 4.78 is 0. The van der Waals surface area contributed by atoms with Crippen LogP contribution in [0.25, 0.3) is 0 Å². The first-order chi connectivity index (χ1) is 9.25. The molecular formula is C15H26N2O3. The van der Waals surface area contributed by atoms with E-state index in [1.807, 2.05) is 20.8 Å². The number of likely N-dealkylation sites (tertiary alicyclic amines) is 1. The van der Waals surface area contributed by atoms with E-state index in [4.69, 9.17) is 5.11 Å². The summed E-state index contributed by atoms with van der Waals surface area (Å²) in [6, 6.07) is 0.695. The molecule has 0 spiro atoms. The number of rotatable bonds is 4. The van der Waals surface area contributed by atoms with E-state index in [0.29, 0.717) is 6.04 Å². The number of hydrogen-bond donors (Lipinski definition) is 2. The molecule has 20 heavy (non-hydrogen) atoms. The van der Waals surface area contributed by atoms with Gasteiger partial charge in [-0.3, -0.25) is 14.5 Å². The maximum atomic E-state index is 12.1. The Balaban J connectivity index is 1.96. The lowest BCUT2D eigenvalue weighted by Crippen LogP contribution is -2.53. The van der Waals surface area contributed by atoms with Crippen molar-refractivity contribution in [1.29, 1.82) is 0 Å². The Morgan fingerprint density at radius 2 is 1.90 bits per heavy atom. The van der Waals surface area contributed by atoms with Gasteiger partial charge in [0.15, 0.2) is 0 Å². The van der Waals surface area contributed by atoms with Crippen LogP contribution in [0.15, 0.2) is 0 Å². The standard InChI is InChI=1S/C15H26N2O3/c1-15(2,3)14(20)16-11-6-10(7-13(18)19)8-17(9-11)12-4-5-12/h10-12H,4-9H2,1-3H3,(H,16,20)(H,18,19). The first-order valence-corrected chi connectivity index (χ1v) is 7.52. The number of piperidine rings is 1. The highest BCUT2D eigenvalue weighted by atomic mass is 16.4. The summed E-state index contributed by atoms with van der Waals surface area (Å²) in [7, 11) is 0. The summed E-state index contributed by atoms with van der Waals surface area (Å²) in [4.78, 5) is 25.4. The second-order valence-corrected chi connectivity index (χ2v) is 7.31. The van der Waals surface area contributed by atoms with Gasteiger partial charge in [0.1, 0.15) is 0 Å². The topological polar surface area (TPSA) is 69.6 Å². The molecule has 2 unspecified atom stereocenters. The largest absolute Gasteiger partial charge is 0.481 e. The van der Waals surface area contributed by atoms with Gasteiger partial charge in [-0.05, 0) is 25.2 Å². The van der Waals surface area contributed by atoms with Crippen LogP contribution < -0.4 is 5.32 Å². The molecule has 0 aromatic carbocycles. The molecule has 2 rings (SSSR count). The fraction of sp³-hybridized carbons (Fsp3) is 0.867. The SMILES string of the molecule is CC(C)(C)C(=O)NC1CC(CC(=O)O)CN(C2CC2)C1. The lowest BCUT2D eigenvalue weighted by molar-refractivity contribution is -0.138. The highest BCUT2D eigenvalue weighted by molar-refractivity contribution is 5.81. The van der Waals surface area contributed by atoms with Crippen molar-refractivity contribution in [1.82, 2.24) is 10.2 Å². The van der Waals surface area contributed by atoms with E-state index in [-0.39, 0.29) is 24.3 Å². The number of aliphatic carboxylic acids is 1. The zero-order chi connectivity index (χ0) is 14.9. The summed E-state index contributed by atoms with van der Waals surface area (Å²) in [6.07, 6.45) is 3.39. The van der Waals surface area contributed by atoms with Crippen LogP contribution >= 0.6 is 0 Å². The normalized spacial score (nSPS) is 28.1. The third kappa shape index (κ3) is 4.20. The average Bonchev–Trinajstić information content (AvgIpc) is 3.09. The van der Waals surface area contributed by atoms with Gasteiger partial charge in [-0.15, -0.1) is 0 Å². The zero-order valence-corrected chi connectivity index (χ0v) is 12.7. The molecule has 2 aliphatic rings. The molecule has 0 bridgehead atoms. The molecule has 0 radical (unpaired) electrons. The highest BCUT2D eigenvalue weighted by Crippen LogP contribution is 2.32. The lowest BCUT2D eigenvalue weighted by Gasteiger charge is -2.38. The predicted octanol–water partition coefficient (Wildman–Crippen LogP) is 1.48. The fourth-order valence-electron chi connectivity index (χ4n) is 2.88. The van der Waals surface area contributed by atoms with Crippen LogP contribution in [-0.4, -0.2) is 47.1 Å². The number of nitrogens with one attached hydrogen (secondary N) is 1. The van der Waals surface area contributed by atoms with E-state index in [1.165, 1.54) is 12.8 Å². The van der Waals surface area contributed by atoms with Crippen LogP contribution in [0.3, 0.4) is 0 Å². The van der Waals surface area contributed by atoms with Crippen LogP contribution in [0.1, 0.15) is 46.5 Å². The van der Waals surface area contributed by atoms with Crippen LogP contribution in [-0.2, 0) is 9.59 Å². The minimum Gasteiger partial charge on any atom is -0.481 e. The van der Waals surface area contributed by atoms with Crippen LogP contribution in [0.4, 0.5) is 0 Å². The van der Waals surface area contributed by atoms with Crippen LogP contribution in [0.2, 0.25) is 0 Å². The number of carboxylic acid groups (broad SMARTS) is 1. The monoisotopic (exact) mass is 282 g/mol. The van der Waals surface area contributed by atoms with Crippen molar-refractivity contribution in [2.45, 2.75) is 58.5 Å². The molecule has 5 nitrogen and oxygen atoms in total. The van der Waals surface area contributed by atoms with E-state index in [1.54, 1.807) is 0 Å². The van der Waals surface area contributed by atoms with Crippen molar-refractivity contribution in [3.05, 3.63) is 0 Å². The first kappa shape index (κ1) is 15.3. The summed E-state index contributed by atoms with van der Waals surface area (Å²) in [5.74, 6) is -0.546. The molecule has 2 N–H and O–H groups in total. The number of amides is 1. The molecule has 114 valence electrons. The Morgan fingerprint density at radius 3 is 2.40 bits per heavy atom. The van der Waals surface area contributed by atoms with E-state index in [2.05, 4.69) is 10.2 Å². The van der Waals surface area contributed by atoms with Gasteiger partial charge in [-0.25, -0.2) is 0 Å². The fourth-order valence-corrected chi connectivity index (χ4v) is 2.88. The third-order valence-electron chi connectivity index (χ3n) is 4.11. The number of hydrogen-bond acceptors (Lipinski definition) is 3. The highest BCUT2D eigenvalue weighted by Gasteiger charge is 2.37. The molecule has 5 heteroatoms. The number of carbonyl (C=O) groups excluding carboxylic acids is 1. The number of carbonyl (C=O) groups is 2. The van der Waals surface area contributed by atoms with Gasteiger partial charge in [0.05, 0.1) is 0 Å². The van der Waals surface area contributed by atoms with Gasteiger partial charge in [0.2, 0.25) is 5.91 Å². The van der Waals surface area contributed by atoms with Crippen molar-refractivity contribution in [3.8, 4) is 0 Å². The van der Waals surface area contributed by atoms with Gasteiger partial charge < -0.3 is 10.4 Å². The minimum atomic E-state index is -0.742. The summed E-state index contributed by atoms with van der Waals surface area (Å²) in [5, 5.41) is 12.1. The number of nitrogens with zero attached hydrogens (tertiary/aromatic N) is 1. The lowest BCUT2D eigenvalue weighted by atomic mass is 9.89. The van der Waals surface area contributed by atoms with E-state index in [0.717, 1.165) is 19.5 Å². The van der Waals surface area contributed by atoms with Crippen molar-refractivity contribution >= 4 is 11.9 Å².